The van der Waals surface area contributed by atoms with Crippen molar-refractivity contribution in [1.29, 1.82) is 0 Å². The van der Waals surface area contributed by atoms with Gasteiger partial charge in [0.1, 0.15) is 11.7 Å². The van der Waals surface area contributed by atoms with Gasteiger partial charge in [-0.1, -0.05) is 44.2 Å². The van der Waals surface area contributed by atoms with E-state index < -0.39 is 0 Å². The quantitative estimate of drug-likeness (QED) is 0.642. The highest BCUT2D eigenvalue weighted by molar-refractivity contribution is 5.92. The van der Waals surface area contributed by atoms with Crippen molar-refractivity contribution in [1.82, 2.24) is 20.1 Å². The van der Waals surface area contributed by atoms with Crippen LogP contribution in [0, 0.1) is 0 Å². The standard InChI is InChI=1S/C25H29FN4/c1-6-10-20(26)23(19-14-9-12-17-11-8-13-18(17)19)16(3)21-15-27-25(4,5)24-29-28-22(7-2)30(21)24/h8-10,12-15,27H,6-7,11H2,1-5H3/b20-10+,23-16-. The zero-order chi connectivity index (χ0) is 21.5. The summed E-state index contributed by atoms with van der Waals surface area (Å²) in [4.78, 5) is 0. The molecule has 0 bridgehead atoms. The van der Waals surface area contributed by atoms with Crippen molar-refractivity contribution in [3.63, 3.8) is 0 Å². The number of fused-ring (bicyclic) bond motifs is 2. The van der Waals surface area contributed by atoms with E-state index in [4.69, 9.17) is 0 Å². The summed E-state index contributed by atoms with van der Waals surface area (Å²) in [5.41, 5.74) is 5.31. The Labute approximate surface area is 177 Å². The van der Waals surface area contributed by atoms with Gasteiger partial charge < -0.3 is 5.32 Å². The highest BCUT2D eigenvalue weighted by atomic mass is 19.1. The van der Waals surface area contributed by atoms with E-state index in [0.29, 0.717) is 12.0 Å². The van der Waals surface area contributed by atoms with Gasteiger partial charge in [0.25, 0.3) is 0 Å². The first-order valence-electron chi connectivity index (χ1n) is 10.7. The largest absolute Gasteiger partial charge is 0.377 e. The summed E-state index contributed by atoms with van der Waals surface area (Å²) in [5.74, 6) is 1.53. The van der Waals surface area contributed by atoms with Gasteiger partial charge in [-0.3, -0.25) is 4.57 Å². The number of rotatable bonds is 5. The van der Waals surface area contributed by atoms with Crippen LogP contribution in [0.25, 0.3) is 17.3 Å². The molecular formula is C25H29FN4. The van der Waals surface area contributed by atoms with Gasteiger partial charge >= 0.3 is 0 Å². The molecule has 2 heterocycles. The second-order valence-electron chi connectivity index (χ2n) is 8.37. The fourth-order valence-corrected chi connectivity index (χ4v) is 4.29. The van der Waals surface area contributed by atoms with E-state index in [9.17, 15) is 0 Å². The minimum Gasteiger partial charge on any atom is -0.377 e. The molecule has 4 rings (SSSR count). The molecule has 1 aliphatic heterocycles. The molecule has 1 aliphatic carbocycles. The second-order valence-corrected chi connectivity index (χ2v) is 8.37. The first kappa shape index (κ1) is 20.3. The van der Waals surface area contributed by atoms with Crippen molar-refractivity contribution in [2.45, 2.75) is 59.4 Å². The number of nitrogens with one attached hydrogen (secondary N) is 1. The van der Waals surface area contributed by atoms with Gasteiger partial charge in [-0.05, 0) is 62.0 Å². The van der Waals surface area contributed by atoms with Crippen molar-refractivity contribution in [3.05, 3.63) is 76.3 Å². The average molecular weight is 405 g/mol. The van der Waals surface area contributed by atoms with Crippen LogP contribution in [0.4, 0.5) is 4.39 Å². The summed E-state index contributed by atoms with van der Waals surface area (Å²) in [6.07, 6.45) is 10.2. The Morgan fingerprint density at radius 3 is 2.80 bits per heavy atom. The molecule has 1 aromatic heterocycles. The van der Waals surface area contributed by atoms with Gasteiger partial charge in [-0.2, -0.15) is 0 Å². The van der Waals surface area contributed by atoms with Gasteiger partial charge in [0.2, 0.25) is 0 Å². The maximum atomic E-state index is 15.6. The number of hydrogen-bond donors (Lipinski definition) is 1. The zero-order valence-electron chi connectivity index (χ0n) is 18.4. The molecule has 0 fully saturated rings. The topological polar surface area (TPSA) is 42.7 Å². The molecule has 0 amide bonds. The lowest BCUT2D eigenvalue weighted by Crippen LogP contribution is -2.39. The number of hydrogen-bond acceptors (Lipinski definition) is 3. The molecule has 0 saturated heterocycles. The van der Waals surface area contributed by atoms with Crippen LogP contribution in [-0.4, -0.2) is 14.8 Å². The van der Waals surface area contributed by atoms with Gasteiger partial charge in [0.15, 0.2) is 5.82 Å². The summed E-state index contributed by atoms with van der Waals surface area (Å²) < 4.78 is 17.6. The van der Waals surface area contributed by atoms with E-state index in [1.165, 1.54) is 5.56 Å². The van der Waals surface area contributed by atoms with Crippen LogP contribution in [0.3, 0.4) is 0 Å². The molecule has 1 N–H and O–H groups in total. The molecule has 1 aromatic carbocycles. The zero-order valence-corrected chi connectivity index (χ0v) is 18.4. The Bertz CT molecular complexity index is 1110. The van der Waals surface area contributed by atoms with Crippen LogP contribution in [0.1, 0.15) is 69.4 Å². The van der Waals surface area contributed by atoms with Crippen LogP contribution in [-0.2, 0) is 18.4 Å². The van der Waals surface area contributed by atoms with Crippen molar-refractivity contribution in [2.24, 2.45) is 0 Å². The lowest BCUT2D eigenvalue weighted by Gasteiger charge is -2.32. The fraction of sp³-hybridized carbons (Fsp3) is 0.360. The maximum absolute atomic E-state index is 15.6. The number of aryl methyl sites for hydroxylation is 1. The van der Waals surface area contributed by atoms with Crippen molar-refractivity contribution >= 4 is 17.3 Å². The summed E-state index contributed by atoms with van der Waals surface area (Å²) in [7, 11) is 0. The van der Waals surface area contributed by atoms with Crippen molar-refractivity contribution in [2.75, 3.05) is 0 Å². The Morgan fingerprint density at radius 2 is 2.07 bits per heavy atom. The monoisotopic (exact) mass is 404 g/mol. The predicted molar refractivity (Wildman–Crippen MR) is 121 cm³/mol. The first-order chi connectivity index (χ1) is 14.4. The molecular weight excluding hydrogens is 375 g/mol. The molecule has 2 aromatic rings. The molecule has 5 heteroatoms. The van der Waals surface area contributed by atoms with Crippen LogP contribution in [0.15, 0.2) is 48.0 Å². The number of halogens is 1. The number of allylic oxidation sites excluding steroid dienone is 6. The number of aromatic nitrogens is 3. The van der Waals surface area contributed by atoms with Crippen molar-refractivity contribution in [3.8, 4) is 0 Å². The highest BCUT2D eigenvalue weighted by Gasteiger charge is 2.33. The molecule has 0 radical (unpaired) electrons. The van der Waals surface area contributed by atoms with Crippen LogP contribution >= 0.6 is 0 Å². The number of nitrogens with zero attached hydrogens (tertiary/aromatic N) is 3. The highest BCUT2D eigenvalue weighted by Crippen LogP contribution is 2.40. The molecule has 0 spiro atoms. The Kier molecular flexibility index (Phi) is 5.22. The minimum atomic E-state index is -0.348. The lowest BCUT2D eigenvalue weighted by molar-refractivity contribution is 0.416. The van der Waals surface area contributed by atoms with Gasteiger partial charge in [0.05, 0.1) is 11.2 Å². The molecule has 2 aliphatic rings. The molecule has 156 valence electrons. The average Bonchev–Trinajstić information content (AvgIpc) is 3.36. The third-order valence-corrected chi connectivity index (χ3v) is 5.89. The third-order valence-electron chi connectivity index (χ3n) is 5.89. The van der Waals surface area contributed by atoms with Crippen LogP contribution in [0.2, 0.25) is 0 Å². The summed E-state index contributed by atoms with van der Waals surface area (Å²) in [5, 5.41) is 12.3. The Morgan fingerprint density at radius 1 is 1.27 bits per heavy atom. The van der Waals surface area contributed by atoms with E-state index in [-0.39, 0.29) is 11.4 Å². The fourth-order valence-electron chi connectivity index (χ4n) is 4.29. The van der Waals surface area contributed by atoms with E-state index >= 15 is 4.39 Å². The van der Waals surface area contributed by atoms with E-state index in [1.807, 2.05) is 32.2 Å². The Hall–Kier alpha value is -2.95. The Balaban J connectivity index is 1.98. The van der Waals surface area contributed by atoms with Gasteiger partial charge in [-0.15, -0.1) is 10.2 Å². The molecule has 0 unspecified atom stereocenters. The first-order valence-corrected chi connectivity index (χ1v) is 10.7. The molecule has 0 atom stereocenters. The lowest BCUT2D eigenvalue weighted by atomic mass is 9.90. The minimum absolute atomic E-state index is 0.192. The van der Waals surface area contributed by atoms with Crippen molar-refractivity contribution < 1.29 is 4.39 Å². The predicted octanol–water partition coefficient (Wildman–Crippen LogP) is 5.78. The summed E-state index contributed by atoms with van der Waals surface area (Å²) in [6, 6.07) is 6.15. The third kappa shape index (κ3) is 3.22. The maximum Gasteiger partial charge on any atom is 0.162 e. The number of benzene rings is 1. The normalized spacial score (nSPS) is 17.8. The van der Waals surface area contributed by atoms with Crippen LogP contribution < -0.4 is 5.32 Å². The molecule has 30 heavy (non-hydrogen) atoms. The second kappa shape index (κ2) is 7.71. The molecule has 0 saturated carbocycles. The van der Waals surface area contributed by atoms with E-state index in [0.717, 1.165) is 46.9 Å². The van der Waals surface area contributed by atoms with E-state index in [2.05, 4.69) is 59.1 Å². The SMILES string of the molecule is CC/C=C(F)\C(=C(\C)C1=CNC(C)(C)c2nnc(CC)n21)c1cccc2c1C=CC2. The summed E-state index contributed by atoms with van der Waals surface area (Å²) in [6.45, 7) is 10.2. The van der Waals surface area contributed by atoms with Crippen LogP contribution in [0.5, 0.6) is 0 Å². The molecule has 4 nitrogen and oxygen atoms in total. The van der Waals surface area contributed by atoms with E-state index in [1.54, 1.807) is 6.08 Å². The smallest absolute Gasteiger partial charge is 0.162 e. The summed E-state index contributed by atoms with van der Waals surface area (Å²) >= 11 is 0. The van der Waals surface area contributed by atoms with Gasteiger partial charge in [-0.25, -0.2) is 4.39 Å². The van der Waals surface area contributed by atoms with Gasteiger partial charge in [0, 0.05) is 18.2 Å².